The number of hydrogen-bond donors (Lipinski definition) is 1. The standard InChI is InChI=1S/C13H12BrNO3S2/c1-3-15-12(17)11(20-13(15)19)5-7-4-9(16)10(18-2)6-8(7)14/h4-6,16H,3H2,1-2H3/b11-5+. The predicted octanol–water partition coefficient (Wildman–Crippen LogP) is 3.38. The number of rotatable bonds is 3. The molecule has 1 aromatic carbocycles. The maximum atomic E-state index is 12.1. The van der Waals surface area contributed by atoms with E-state index in [0.717, 1.165) is 4.47 Å². The van der Waals surface area contributed by atoms with E-state index in [0.29, 0.717) is 27.1 Å². The van der Waals surface area contributed by atoms with Crippen molar-refractivity contribution >= 4 is 56.2 Å². The first kappa shape index (κ1) is 15.3. The van der Waals surface area contributed by atoms with Crippen LogP contribution in [0.4, 0.5) is 0 Å². The number of halogens is 1. The van der Waals surface area contributed by atoms with Crippen molar-refractivity contribution in [3.05, 3.63) is 27.1 Å². The summed E-state index contributed by atoms with van der Waals surface area (Å²) in [6.45, 7) is 2.43. The summed E-state index contributed by atoms with van der Waals surface area (Å²) >= 11 is 9.81. The molecule has 0 bridgehead atoms. The van der Waals surface area contributed by atoms with Gasteiger partial charge in [-0.3, -0.25) is 9.69 Å². The number of methoxy groups -OCH3 is 1. The molecule has 0 spiro atoms. The Morgan fingerprint density at radius 1 is 1.55 bits per heavy atom. The van der Waals surface area contributed by atoms with Gasteiger partial charge < -0.3 is 9.84 Å². The third-order valence-corrected chi connectivity index (χ3v) is 4.84. The topological polar surface area (TPSA) is 49.8 Å². The highest BCUT2D eigenvalue weighted by Gasteiger charge is 2.30. The largest absolute Gasteiger partial charge is 0.504 e. The molecule has 1 saturated heterocycles. The summed E-state index contributed by atoms with van der Waals surface area (Å²) in [6.07, 6.45) is 1.71. The highest BCUT2D eigenvalue weighted by molar-refractivity contribution is 9.10. The number of carbonyl (C=O) groups is 1. The van der Waals surface area contributed by atoms with Gasteiger partial charge in [0, 0.05) is 11.0 Å². The molecule has 2 rings (SSSR count). The summed E-state index contributed by atoms with van der Waals surface area (Å²) in [5, 5.41) is 9.80. The molecular formula is C13H12BrNO3S2. The smallest absolute Gasteiger partial charge is 0.266 e. The number of thiocarbonyl (C=S) groups is 1. The van der Waals surface area contributed by atoms with E-state index in [4.69, 9.17) is 17.0 Å². The number of ether oxygens (including phenoxy) is 1. The first-order valence-electron chi connectivity index (χ1n) is 5.79. The summed E-state index contributed by atoms with van der Waals surface area (Å²) in [7, 11) is 1.48. The molecule has 106 valence electrons. The van der Waals surface area contributed by atoms with Crippen molar-refractivity contribution in [3.8, 4) is 11.5 Å². The van der Waals surface area contributed by atoms with Crippen LogP contribution in [-0.2, 0) is 4.79 Å². The molecule has 1 amide bonds. The first-order valence-corrected chi connectivity index (χ1v) is 7.81. The van der Waals surface area contributed by atoms with Crippen molar-refractivity contribution in [1.82, 2.24) is 4.90 Å². The van der Waals surface area contributed by atoms with E-state index < -0.39 is 0 Å². The van der Waals surface area contributed by atoms with Crippen molar-refractivity contribution < 1.29 is 14.6 Å². The van der Waals surface area contributed by atoms with Crippen LogP contribution >= 0.6 is 39.9 Å². The van der Waals surface area contributed by atoms with Crippen LogP contribution in [-0.4, -0.2) is 33.9 Å². The molecule has 0 radical (unpaired) electrons. The van der Waals surface area contributed by atoms with Crippen LogP contribution in [0.15, 0.2) is 21.5 Å². The minimum atomic E-state index is -0.107. The summed E-state index contributed by atoms with van der Waals surface area (Å²) < 4.78 is 6.31. The Hall–Kier alpha value is -1.05. The van der Waals surface area contributed by atoms with Gasteiger partial charge >= 0.3 is 0 Å². The molecule has 0 saturated carbocycles. The van der Waals surface area contributed by atoms with Crippen molar-refractivity contribution in [3.63, 3.8) is 0 Å². The van der Waals surface area contributed by atoms with E-state index in [9.17, 15) is 9.90 Å². The average molecular weight is 374 g/mol. The molecule has 1 aromatic rings. The van der Waals surface area contributed by atoms with Gasteiger partial charge in [-0.05, 0) is 30.7 Å². The first-order chi connectivity index (χ1) is 9.47. The number of amides is 1. The minimum absolute atomic E-state index is 0.0212. The SMILES string of the molecule is CCN1C(=O)/C(=C\c2cc(O)c(OC)cc2Br)SC1=S. The number of phenols is 1. The zero-order valence-electron chi connectivity index (χ0n) is 10.8. The maximum Gasteiger partial charge on any atom is 0.266 e. The van der Waals surface area contributed by atoms with Gasteiger partial charge in [0.05, 0.1) is 12.0 Å². The number of aromatic hydroxyl groups is 1. The van der Waals surface area contributed by atoms with Gasteiger partial charge in [0.25, 0.3) is 5.91 Å². The molecule has 1 aliphatic rings. The van der Waals surface area contributed by atoms with E-state index in [1.165, 1.54) is 18.9 Å². The Labute approximate surface area is 134 Å². The molecule has 1 fully saturated rings. The average Bonchev–Trinajstić information content (AvgIpc) is 2.68. The summed E-state index contributed by atoms with van der Waals surface area (Å²) in [6, 6.07) is 3.20. The highest BCUT2D eigenvalue weighted by atomic mass is 79.9. The Kier molecular flexibility index (Phi) is 4.72. The molecular weight excluding hydrogens is 362 g/mol. The number of benzene rings is 1. The second-order valence-corrected chi connectivity index (χ2v) is 6.50. The maximum absolute atomic E-state index is 12.1. The number of hydrogen-bond acceptors (Lipinski definition) is 5. The lowest BCUT2D eigenvalue weighted by atomic mass is 10.2. The van der Waals surface area contributed by atoms with E-state index in [-0.39, 0.29) is 11.7 Å². The van der Waals surface area contributed by atoms with Gasteiger partial charge in [0.2, 0.25) is 0 Å². The molecule has 0 aliphatic carbocycles. The lowest BCUT2D eigenvalue weighted by Gasteiger charge is -2.09. The van der Waals surface area contributed by atoms with Crippen molar-refractivity contribution in [2.24, 2.45) is 0 Å². The molecule has 0 atom stereocenters. The Bertz CT molecular complexity index is 616. The predicted molar refractivity (Wildman–Crippen MR) is 87.9 cm³/mol. The van der Waals surface area contributed by atoms with Gasteiger partial charge in [-0.1, -0.05) is 39.9 Å². The van der Waals surface area contributed by atoms with E-state index in [1.807, 2.05) is 6.92 Å². The minimum Gasteiger partial charge on any atom is -0.504 e. The van der Waals surface area contributed by atoms with Crippen LogP contribution in [0.5, 0.6) is 11.5 Å². The van der Waals surface area contributed by atoms with Gasteiger partial charge in [-0.15, -0.1) is 0 Å². The van der Waals surface area contributed by atoms with Gasteiger partial charge in [-0.2, -0.15) is 0 Å². The fraction of sp³-hybridized carbons (Fsp3) is 0.231. The number of phenolic OH excluding ortho intramolecular Hbond substituents is 1. The lowest BCUT2D eigenvalue weighted by Crippen LogP contribution is -2.27. The Balaban J connectivity index is 2.39. The van der Waals surface area contributed by atoms with E-state index in [1.54, 1.807) is 23.1 Å². The number of likely N-dealkylation sites (N-methyl/N-ethyl adjacent to an activating group) is 1. The van der Waals surface area contributed by atoms with Crippen LogP contribution in [0.2, 0.25) is 0 Å². The fourth-order valence-electron chi connectivity index (χ4n) is 1.75. The van der Waals surface area contributed by atoms with Crippen molar-refractivity contribution in [2.75, 3.05) is 13.7 Å². The molecule has 1 heterocycles. The van der Waals surface area contributed by atoms with Gasteiger partial charge in [0.15, 0.2) is 11.5 Å². The lowest BCUT2D eigenvalue weighted by molar-refractivity contribution is -0.121. The molecule has 0 aromatic heterocycles. The number of carbonyl (C=O) groups excluding carboxylic acids is 1. The van der Waals surface area contributed by atoms with Crippen LogP contribution in [0.25, 0.3) is 6.08 Å². The van der Waals surface area contributed by atoms with Crippen LogP contribution < -0.4 is 4.74 Å². The van der Waals surface area contributed by atoms with Crippen LogP contribution in [0.3, 0.4) is 0 Å². The van der Waals surface area contributed by atoms with Gasteiger partial charge in [0.1, 0.15) is 4.32 Å². The normalized spacial score (nSPS) is 17.1. The number of nitrogens with zero attached hydrogens (tertiary/aromatic N) is 1. The van der Waals surface area contributed by atoms with Crippen molar-refractivity contribution in [2.45, 2.75) is 6.92 Å². The fourth-order valence-corrected chi connectivity index (χ4v) is 3.56. The highest BCUT2D eigenvalue weighted by Crippen LogP contribution is 2.37. The number of thioether (sulfide) groups is 1. The molecule has 1 aliphatic heterocycles. The summed E-state index contributed by atoms with van der Waals surface area (Å²) in [5.41, 5.74) is 0.694. The molecule has 7 heteroatoms. The van der Waals surface area contributed by atoms with Gasteiger partial charge in [-0.25, -0.2) is 0 Å². The molecule has 20 heavy (non-hydrogen) atoms. The Morgan fingerprint density at radius 2 is 2.25 bits per heavy atom. The third-order valence-electron chi connectivity index (χ3n) is 2.77. The molecule has 1 N–H and O–H groups in total. The Morgan fingerprint density at radius 3 is 2.80 bits per heavy atom. The third kappa shape index (κ3) is 2.84. The quantitative estimate of drug-likeness (QED) is 0.649. The summed E-state index contributed by atoms with van der Waals surface area (Å²) in [4.78, 5) is 14.2. The second-order valence-electron chi connectivity index (χ2n) is 3.97. The van der Waals surface area contributed by atoms with E-state index in [2.05, 4.69) is 15.9 Å². The van der Waals surface area contributed by atoms with E-state index >= 15 is 0 Å². The van der Waals surface area contributed by atoms with Crippen LogP contribution in [0, 0.1) is 0 Å². The zero-order valence-corrected chi connectivity index (χ0v) is 14.1. The van der Waals surface area contributed by atoms with Crippen LogP contribution in [0.1, 0.15) is 12.5 Å². The molecule has 4 nitrogen and oxygen atoms in total. The molecule has 0 unspecified atom stereocenters. The van der Waals surface area contributed by atoms with Crippen molar-refractivity contribution in [1.29, 1.82) is 0 Å². The second kappa shape index (κ2) is 6.15. The summed E-state index contributed by atoms with van der Waals surface area (Å²) in [5.74, 6) is 0.285. The zero-order chi connectivity index (χ0) is 14.9. The monoisotopic (exact) mass is 373 g/mol.